The number of amides is 1. The first kappa shape index (κ1) is 86.5. The molecule has 3 unspecified atom stereocenters. The third-order valence-electron chi connectivity index (χ3n) is 17.1. The quantitative estimate of drug-likeness (QED) is 0.0212. The van der Waals surface area contributed by atoms with E-state index in [0.717, 1.165) is 83.5 Å². The average Bonchev–Trinajstić information content (AvgIpc) is 3.70. The molecule has 0 fully saturated rings. The van der Waals surface area contributed by atoms with Gasteiger partial charge >= 0.3 is 5.97 Å². The molecule has 0 aromatic rings. The van der Waals surface area contributed by atoms with Crippen LogP contribution in [0.5, 0.6) is 0 Å². The van der Waals surface area contributed by atoms with Crippen molar-refractivity contribution >= 4 is 19.7 Å². The second-order valence-electron chi connectivity index (χ2n) is 27.1. The molecule has 0 rings (SSSR count). The second-order valence-corrected chi connectivity index (χ2v) is 28.6. The van der Waals surface area contributed by atoms with Gasteiger partial charge in [0.15, 0.2) is 0 Å². The monoisotopic (exact) mass is 1270 g/mol. The van der Waals surface area contributed by atoms with Crippen LogP contribution in [0.15, 0.2) is 72.9 Å². The molecule has 9 nitrogen and oxygen atoms in total. The fourth-order valence-electron chi connectivity index (χ4n) is 11.2. The van der Waals surface area contributed by atoms with E-state index < -0.39 is 20.0 Å². The summed E-state index contributed by atoms with van der Waals surface area (Å²) in [6.07, 6.45) is 90.4. The molecule has 0 aliphatic heterocycles. The molecule has 520 valence electrons. The van der Waals surface area contributed by atoms with Gasteiger partial charge in [-0.25, -0.2) is 0 Å². The van der Waals surface area contributed by atoms with Crippen LogP contribution < -0.4 is 10.2 Å². The number of esters is 1. The topological polar surface area (TPSA) is 114 Å². The van der Waals surface area contributed by atoms with Gasteiger partial charge in [0.25, 0.3) is 7.82 Å². The molecule has 0 aromatic carbocycles. The molecular weight excluding hydrogens is 1120 g/mol. The molecule has 1 N–H and O–H groups in total. The third kappa shape index (κ3) is 69.6. The number of hydrogen-bond acceptors (Lipinski definition) is 7. The van der Waals surface area contributed by atoms with Crippen molar-refractivity contribution in [1.82, 2.24) is 5.32 Å². The van der Waals surface area contributed by atoms with Crippen molar-refractivity contribution in [2.45, 2.75) is 380 Å². The fraction of sp³-hybridized carbons (Fsp3) is 0.823. The van der Waals surface area contributed by atoms with Crippen molar-refractivity contribution in [3.05, 3.63) is 72.9 Å². The Kier molecular flexibility index (Phi) is 66.4. The van der Waals surface area contributed by atoms with Crippen molar-refractivity contribution in [3.63, 3.8) is 0 Å². The highest BCUT2D eigenvalue weighted by atomic mass is 31.2. The van der Waals surface area contributed by atoms with E-state index in [1.807, 2.05) is 33.3 Å². The second kappa shape index (κ2) is 68.3. The van der Waals surface area contributed by atoms with Crippen molar-refractivity contribution in [3.8, 4) is 0 Å². The van der Waals surface area contributed by atoms with Crippen LogP contribution in [0.1, 0.15) is 367 Å². The minimum atomic E-state index is -4.71. The molecule has 0 heterocycles. The molecule has 0 aliphatic carbocycles. The molecule has 0 spiro atoms. The van der Waals surface area contributed by atoms with Crippen LogP contribution in [-0.4, -0.2) is 69.4 Å². The number of carbonyl (C=O) groups excluding carboxylic acids is 2. The van der Waals surface area contributed by atoms with E-state index >= 15 is 0 Å². The van der Waals surface area contributed by atoms with Crippen LogP contribution in [0.4, 0.5) is 0 Å². The Morgan fingerprint density at radius 2 is 0.685 bits per heavy atom. The maximum Gasteiger partial charge on any atom is 0.306 e. The van der Waals surface area contributed by atoms with Gasteiger partial charge in [0.05, 0.1) is 33.8 Å². The highest BCUT2D eigenvalue weighted by Gasteiger charge is 2.27. The molecule has 10 heteroatoms. The Balaban J connectivity index is 4.93. The number of unbranched alkanes of at least 4 members (excludes halogenated alkanes) is 44. The molecule has 3 atom stereocenters. The SMILES string of the molecule is CCCCC/C=C\C/C=C\C/C=C\C/C=C\CCCCCCCCCCCCCC(=O)NC(COP(=O)([O-])OCC[N+](C)(C)C)C(/C=C/CCCCCCCCCCC)OC(=O)CCCCCCCCCCCCCCCCC/C=C/CCCCCCCC. The lowest BCUT2D eigenvalue weighted by Gasteiger charge is -2.30. The number of likely N-dealkylation sites (N-methyl/N-ethyl adjacent to an activating group) is 1. The number of nitrogens with one attached hydrogen (secondary N) is 1. The highest BCUT2D eigenvalue weighted by molar-refractivity contribution is 7.45. The van der Waals surface area contributed by atoms with Crippen LogP contribution in [0.2, 0.25) is 0 Å². The molecular formula is C79H147N2O7P. The van der Waals surface area contributed by atoms with E-state index in [2.05, 4.69) is 86.8 Å². The maximum absolute atomic E-state index is 13.6. The molecule has 1 amide bonds. The third-order valence-corrected chi connectivity index (χ3v) is 18.1. The number of ether oxygens (including phenoxy) is 1. The van der Waals surface area contributed by atoms with Crippen molar-refractivity contribution in [2.75, 3.05) is 40.9 Å². The van der Waals surface area contributed by atoms with E-state index in [1.165, 1.54) is 250 Å². The Morgan fingerprint density at radius 1 is 0.393 bits per heavy atom. The first-order valence-electron chi connectivity index (χ1n) is 38.2. The van der Waals surface area contributed by atoms with Gasteiger partial charge in [-0.1, -0.05) is 325 Å². The normalized spacial score (nSPS) is 13.8. The zero-order valence-corrected chi connectivity index (χ0v) is 60.5. The summed E-state index contributed by atoms with van der Waals surface area (Å²) in [6.45, 7) is 6.85. The lowest BCUT2D eigenvalue weighted by molar-refractivity contribution is -0.870. The summed E-state index contributed by atoms with van der Waals surface area (Å²) in [5, 5.41) is 3.05. The minimum Gasteiger partial charge on any atom is -0.756 e. The van der Waals surface area contributed by atoms with E-state index in [1.54, 1.807) is 0 Å². The zero-order chi connectivity index (χ0) is 64.9. The Hall–Kier alpha value is -2.55. The van der Waals surface area contributed by atoms with Gasteiger partial charge in [0.2, 0.25) is 5.91 Å². The zero-order valence-electron chi connectivity index (χ0n) is 59.6. The number of nitrogens with zero attached hydrogens (tertiary/aromatic N) is 1. The predicted molar refractivity (Wildman–Crippen MR) is 385 cm³/mol. The molecule has 0 radical (unpaired) electrons. The number of hydrogen-bond donors (Lipinski definition) is 1. The lowest BCUT2D eigenvalue weighted by atomic mass is 10.0. The fourth-order valence-corrected chi connectivity index (χ4v) is 11.9. The summed E-state index contributed by atoms with van der Waals surface area (Å²) in [5.41, 5.74) is 0. The Labute approximate surface area is 553 Å². The largest absolute Gasteiger partial charge is 0.756 e. The van der Waals surface area contributed by atoms with Crippen molar-refractivity contribution in [2.24, 2.45) is 0 Å². The molecule has 0 bridgehead atoms. The Morgan fingerprint density at radius 3 is 1.06 bits per heavy atom. The van der Waals surface area contributed by atoms with Gasteiger partial charge in [0.1, 0.15) is 19.3 Å². The number of allylic oxidation sites excluding steroid dienone is 11. The number of carbonyl (C=O) groups is 2. The standard InChI is InChI=1S/C79H147N2O7P/c1-7-10-13-16-19-22-25-27-29-31-33-35-37-39-40-42-43-45-47-49-51-53-56-59-62-65-68-71-78(82)80-76(75-87-89(84,85)86-74-73-81(4,5)6)77(70-67-64-61-58-55-24-21-18-15-12-9-3)88-79(83)72-69-66-63-60-57-54-52-50-48-46-44-41-38-36-34-32-30-28-26-23-20-17-14-11-8-2/h19,22,27-30,33,35,39-40,67,70,76-77H,7-18,20-21,23-26,31-32,34,36-38,41-66,68-69,71-75H2,1-6H3,(H-,80,82,84,85)/b22-19-,29-27-,30-28+,35-33-,40-39-,70-67+. The van der Waals surface area contributed by atoms with E-state index in [0.29, 0.717) is 17.4 Å². The van der Waals surface area contributed by atoms with Crippen LogP contribution in [0.3, 0.4) is 0 Å². The number of phosphoric ester groups is 1. The molecule has 0 saturated carbocycles. The smallest absolute Gasteiger partial charge is 0.306 e. The summed E-state index contributed by atoms with van der Waals surface area (Å²) in [6, 6.07) is -0.892. The summed E-state index contributed by atoms with van der Waals surface area (Å²) < 4.78 is 30.5. The number of quaternary nitrogens is 1. The number of phosphoric acid groups is 1. The maximum atomic E-state index is 13.6. The van der Waals surface area contributed by atoms with Crippen LogP contribution in [0, 0.1) is 0 Å². The first-order chi connectivity index (χ1) is 43.4. The van der Waals surface area contributed by atoms with E-state index in [4.69, 9.17) is 13.8 Å². The van der Waals surface area contributed by atoms with Gasteiger partial charge in [-0.3, -0.25) is 14.2 Å². The van der Waals surface area contributed by atoms with Crippen molar-refractivity contribution < 1.29 is 37.3 Å². The van der Waals surface area contributed by atoms with Gasteiger partial charge < -0.3 is 28.5 Å². The van der Waals surface area contributed by atoms with Crippen LogP contribution in [-0.2, 0) is 27.9 Å². The Bertz CT molecular complexity index is 1750. The van der Waals surface area contributed by atoms with E-state index in [9.17, 15) is 19.0 Å². The molecule has 0 aliphatic rings. The highest BCUT2D eigenvalue weighted by Crippen LogP contribution is 2.38. The van der Waals surface area contributed by atoms with E-state index in [-0.39, 0.29) is 31.5 Å². The van der Waals surface area contributed by atoms with Gasteiger partial charge in [-0.2, -0.15) is 0 Å². The summed E-state index contributed by atoms with van der Waals surface area (Å²) in [7, 11) is 1.19. The minimum absolute atomic E-state index is 0.0233. The summed E-state index contributed by atoms with van der Waals surface area (Å²) in [5.74, 6) is -0.532. The predicted octanol–water partition coefficient (Wildman–Crippen LogP) is 24.1. The molecule has 89 heavy (non-hydrogen) atoms. The van der Waals surface area contributed by atoms with Gasteiger partial charge in [0, 0.05) is 12.8 Å². The first-order valence-corrected chi connectivity index (χ1v) is 39.7. The van der Waals surface area contributed by atoms with Gasteiger partial charge in [-0.15, -0.1) is 0 Å². The van der Waals surface area contributed by atoms with Crippen LogP contribution >= 0.6 is 7.82 Å². The molecule has 0 aromatic heterocycles. The average molecular weight is 1270 g/mol. The summed E-state index contributed by atoms with van der Waals surface area (Å²) >= 11 is 0. The summed E-state index contributed by atoms with van der Waals surface area (Å²) in [4.78, 5) is 40.3. The van der Waals surface area contributed by atoms with Crippen LogP contribution in [0.25, 0.3) is 0 Å². The number of rotatable bonds is 70. The molecule has 0 saturated heterocycles. The van der Waals surface area contributed by atoms with Gasteiger partial charge in [-0.05, 0) is 102 Å². The van der Waals surface area contributed by atoms with Crippen molar-refractivity contribution in [1.29, 1.82) is 0 Å². The lowest BCUT2D eigenvalue weighted by Crippen LogP contribution is -2.47.